The number of nitrogens with one attached hydrogen (secondary N) is 2. The number of benzene rings is 1. The van der Waals surface area contributed by atoms with Crippen molar-refractivity contribution in [1.29, 1.82) is 0 Å². The Morgan fingerprint density at radius 2 is 2.00 bits per heavy atom. The van der Waals surface area contributed by atoms with Gasteiger partial charge in [-0.3, -0.25) is 9.36 Å². The Labute approximate surface area is 226 Å². The topological polar surface area (TPSA) is 99.5 Å². The number of anilines is 1. The molecule has 200 valence electrons. The van der Waals surface area contributed by atoms with Crippen molar-refractivity contribution in [2.45, 2.75) is 45.3 Å². The van der Waals surface area contributed by atoms with E-state index in [1.165, 1.54) is 7.11 Å². The zero-order valence-corrected chi connectivity index (χ0v) is 22.9. The number of rotatable bonds is 12. The quantitative estimate of drug-likeness (QED) is 0.312. The minimum Gasteiger partial charge on any atom is -0.495 e. The summed E-state index contributed by atoms with van der Waals surface area (Å²) in [4.78, 5) is 22.8. The van der Waals surface area contributed by atoms with E-state index in [9.17, 15) is 4.79 Å². The number of fused-ring (bicyclic) bond motifs is 1. The largest absolute Gasteiger partial charge is 0.495 e. The van der Waals surface area contributed by atoms with Crippen LogP contribution < -0.4 is 25.7 Å². The Balaban J connectivity index is 1.81. The lowest BCUT2D eigenvalue weighted by Crippen LogP contribution is -2.27. The van der Waals surface area contributed by atoms with Crippen LogP contribution >= 0.6 is 23.2 Å². The van der Waals surface area contributed by atoms with Crippen LogP contribution in [-0.4, -0.2) is 61.1 Å². The first-order valence-electron chi connectivity index (χ1n) is 12.6. The molecule has 1 unspecified atom stereocenters. The average Bonchev–Trinajstić information content (AvgIpc) is 3.43. The van der Waals surface area contributed by atoms with E-state index in [-0.39, 0.29) is 21.7 Å². The van der Waals surface area contributed by atoms with Crippen LogP contribution in [0.15, 0.2) is 23.1 Å². The maximum atomic E-state index is 13.9. The monoisotopic (exact) mass is 549 g/mol. The number of ether oxygens (including phenoxy) is 3. The van der Waals surface area contributed by atoms with E-state index in [0.717, 1.165) is 38.8 Å². The third-order valence-corrected chi connectivity index (χ3v) is 7.11. The Morgan fingerprint density at radius 1 is 1.19 bits per heavy atom. The van der Waals surface area contributed by atoms with E-state index >= 15 is 0 Å². The van der Waals surface area contributed by atoms with Crippen LogP contribution in [0.4, 0.5) is 5.95 Å². The van der Waals surface area contributed by atoms with Crippen molar-refractivity contribution in [1.82, 2.24) is 19.9 Å². The minimum absolute atomic E-state index is 0.127. The van der Waals surface area contributed by atoms with Gasteiger partial charge in [-0.05, 0) is 25.5 Å². The molecular formula is C26H33Cl2N5O4. The van der Waals surface area contributed by atoms with Gasteiger partial charge in [0, 0.05) is 36.8 Å². The Kier molecular flexibility index (Phi) is 9.48. The van der Waals surface area contributed by atoms with Gasteiger partial charge in [0.25, 0.3) is 5.56 Å². The smallest absolute Gasteiger partial charge is 0.260 e. The zero-order chi connectivity index (χ0) is 26.4. The van der Waals surface area contributed by atoms with E-state index in [1.54, 1.807) is 29.9 Å². The molecule has 4 rings (SSSR count). The maximum Gasteiger partial charge on any atom is 0.260 e. The van der Waals surface area contributed by atoms with Gasteiger partial charge >= 0.3 is 0 Å². The fourth-order valence-electron chi connectivity index (χ4n) is 4.36. The van der Waals surface area contributed by atoms with Gasteiger partial charge < -0.3 is 24.8 Å². The molecule has 0 saturated carbocycles. The molecule has 11 heteroatoms. The highest BCUT2D eigenvalue weighted by atomic mass is 35.5. The maximum absolute atomic E-state index is 13.9. The molecule has 3 aromatic rings. The molecule has 2 aromatic heterocycles. The number of halogens is 2. The predicted octanol–water partition coefficient (Wildman–Crippen LogP) is 4.76. The second kappa shape index (κ2) is 12.8. The van der Waals surface area contributed by atoms with Crippen molar-refractivity contribution in [3.63, 3.8) is 0 Å². The van der Waals surface area contributed by atoms with Crippen molar-refractivity contribution in [3.8, 4) is 22.6 Å². The van der Waals surface area contributed by atoms with E-state index < -0.39 is 0 Å². The van der Waals surface area contributed by atoms with Gasteiger partial charge in [-0.15, -0.1) is 0 Å². The number of methoxy groups -OCH3 is 1. The van der Waals surface area contributed by atoms with Crippen molar-refractivity contribution >= 4 is 40.2 Å². The molecule has 37 heavy (non-hydrogen) atoms. The van der Waals surface area contributed by atoms with E-state index in [1.807, 2.05) is 0 Å². The molecule has 0 spiro atoms. The molecule has 1 aromatic carbocycles. The van der Waals surface area contributed by atoms with Gasteiger partial charge in [-0.2, -0.15) is 4.98 Å². The van der Waals surface area contributed by atoms with Crippen molar-refractivity contribution in [3.05, 3.63) is 38.7 Å². The first kappa shape index (κ1) is 27.4. The van der Waals surface area contributed by atoms with Crippen LogP contribution in [0.5, 0.6) is 11.5 Å². The number of nitrogens with zero attached hydrogens (tertiary/aromatic N) is 3. The first-order chi connectivity index (χ1) is 18.0. The highest BCUT2D eigenvalue weighted by molar-refractivity contribution is 6.41. The Morgan fingerprint density at radius 3 is 2.70 bits per heavy atom. The molecule has 2 N–H and O–H groups in total. The van der Waals surface area contributed by atoms with Gasteiger partial charge in [0.2, 0.25) is 5.95 Å². The second-order valence-corrected chi connectivity index (χ2v) is 9.61. The lowest BCUT2D eigenvalue weighted by atomic mass is 10.0. The first-order valence-corrected chi connectivity index (χ1v) is 13.3. The molecule has 1 atom stereocenters. The number of aromatic nitrogens is 3. The summed E-state index contributed by atoms with van der Waals surface area (Å²) < 4.78 is 19.1. The molecule has 1 saturated heterocycles. The van der Waals surface area contributed by atoms with E-state index in [0.29, 0.717) is 59.4 Å². The molecule has 1 aliphatic heterocycles. The standard InChI is InChI=1S/C26H33Cl2N5O4/c1-4-5-6-10-37-20-13-19(35-3)22(27)21(23(20)28)18-12-16-14-31-26(29-2)32-24(16)33(25(18)34)9-11-36-17-7-8-30-15-17/h12-14,17,30H,4-11,15H2,1-3H3,(H,29,31,32). The van der Waals surface area contributed by atoms with Crippen LogP contribution in [-0.2, 0) is 11.3 Å². The third kappa shape index (κ3) is 6.12. The summed E-state index contributed by atoms with van der Waals surface area (Å²) in [6.45, 7) is 5.01. The number of hydrogen-bond acceptors (Lipinski definition) is 8. The van der Waals surface area contributed by atoms with Crippen LogP contribution in [0.25, 0.3) is 22.2 Å². The third-order valence-electron chi connectivity index (χ3n) is 6.36. The van der Waals surface area contributed by atoms with Crippen molar-refractivity contribution in [2.24, 2.45) is 0 Å². The highest BCUT2D eigenvalue weighted by Gasteiger charge is 2.24. The summed E-state index contributed by atoms with van der Waals surface area (Å²) in [5.41, 5.74) is 0.860. The lowest BCUT2D eigenvalue weighted by molar-refractivity contribution is 0.0615. The summed E-state index contributed by atoms with van der Waals surface area (Å²) in [6, 6.07) is 3.37. The van der Waals surface area contributed by atoms with Gasteiger partial charge in [0.05, 0.1) is 48.6 Å². The number of pyridine rings is 1. The SMILES string of the molecule is CCCCCOc1cc(OC)c(Cl)c(-c2cc3cnc(NC)nc3n(CCOC3CCNC3)c2=O)c1Cl. The van der Waals surface area contributed by atoms with E-state index in [4.69, 9.17) is 37.4 Å². The highest BCUT2D eigenvalue weighted by Crippen LogP contribution is 2.45. The molecule has 0 aliphatic carbocycles. The van der Waals surface area contributed by atoms with Gasteiger partial charge in [0.1, 0.15) is 17.1 Å². The minimum atomic E-state index is -0.296. The predicted molar refractivity (Wildman–Crippen MR) is 148 cm³/mol. The fourth-order valence-corrected chi connectivity index (χ4v) is 5.04. The molecular weight excluding hydrogens is 517 g/mol. The van der Waals surface area contributed by atoms with Gasteiger partial charge in [-0.25, -0.2) is 4.98 Å². The Hall–Kier alpha value is -2.59. The second-order valence-electron chi connectivity index (χ2n) is 8.86. The summed E-state index contributed by atoms with van der Waals surface area (Å²) in [7, 11) is 3.24. The summed E-state index contributed by atoms with van der Waals surface area (Å²) in [6.07, 6.45) is 5.73. The zero-order valence-electron chi connectivity index (χ0n) is 21.4. The molecule has 0 bridgehead atoms. The van der Waals surface area contributed by atoms with Crippen LogP contribution in [0.2, 0.25) is 10.0 Å². The lowest BCUT2D eigenvalue weighted by Gasteiger charge is -2.18. The molecule has 9 nitrogen and oxygen atoms in total. The fraction of sp³-hybridized carbons (Fsp3) is 0.500. The molecule has 1 fully saturated rings. The number of hydrogen-bond donors (Lipinski definition) is 2. The average molecular weight is 550 g/mol. The van der Waals surface area contributed by atoms with Crippen LogP contribution in [0.3, 0.4) is 0 Å². The normalized spacial score (nSPS) is 15.3. The van der Waals surface area contributed by atoms with Crippen molar-refractivity contribution in [2.75, 3.05) is 45.8 Å². The summed E-state index contributed by atoms with van der Waals surface area (Å²) >= 11 is 13.5. The summed E-state index contributed by atoms with van der Waals surface area (Å²) in [5, 5.41) is 7.37. The molecule has 0 amide bonds. The molecule has 1 aliphatic rings. The van der Waals surface area contributed by atoms with Crippen LogP contribution in [0.1, 0.15) is 32.6 Å². The van der Waals surface area contributed by atoms with E-state index in [2.05, 4.69) is 27.5 Å². The van der Waals surface area contributed by atoms with Crippen molar-refractivity contribution < 1.29 is 14.2 Å². The van der Waals surface area contributed by atoms with Gasteiger partial charge in [0.15, 0.2) is 0 Å². The Bertz CT molecular complexity index is 1290. The van der Waals surface area contributed by atoms with Gasteiger partial charge in [-0.1, -0.05) is 43.0 Å². The van der Waals surface area contributed by atoms with Crippen LogP contribution in [0, 0.1) is 0 Å². The molecule has 3 heterocycles. The number of unbranched alkanes of at least 4 members (excludes halogenated alkanes) is 2. The molecule has 0 radical (unpaired) electrons. The summed E-state index contributed by atoms with van der Waals surface area (Å²) in [5.74, 6) is 1.20.